The van der Waals surface area contributed by atoms with E-state index in [4.69, 9.17) is 0 Å². The Labute approximate surface area is 162 Å². The lowest BCUT2D eigenvalue weighted by Gasteiger charge is -2.16. The van der Waals surface area contributed by atoms with Crippen molar-refractivity contribution < 1.29 is 4.79 Å². The van der Waals surface area contributed by atoms with E-state index in [0.29, 0.717) is 12.2 Å². The molecule has 2 aromatic heterocycles. The number of fused-ring (bicyclic) bond motifs is 1. The molecular formula is C22H20N4O2. The van der Waals surface area contributed by atoms with Crippen molar-refractivity contribution >= 4 is 11.6 Å². The highest BCUT2D eigenvalue weighted by Crippen LogP contribution is 2.26. The molecule has 0 aliphatic heterocycles. The summed E-state index contributed by atoms with van der Waals surface area (Å²) in [6.45, 7) is 2.31. The minimum atomic E-state index is -0.403. The Morgan fingerprint density at radius 1 is 1.07 bits per heavy atom. The number of nitrogens with zero attached hydrogens (tertiary/aromatic N) is 3. The van der Waals surface area contributed by atoms with Gasteiger partial charge >= 0.3 is 0 Å². The maximum absolute atomic E-state index is 13.0. The molecule has 1 amide bonds. The molecular weight excluding hydrogens is 352 g/mol. The second kappa shape index (κ2) is 7.15. The monoisotopic (exact) mass is 372 g/mol. The van der Waals surface area contributed by atoms with Gasteiger partial charge in [0.1, 0.15) is 5.56 Å². The molecule has 0 atom stereocenters. The second-order valence-corrected chi connectivity index (χ2v) is 6.76. The zero-order valence-electron chi connectivity index (χ0n) is 15.7. The molecule has 6 nitrogen and oxygen atoms in total. The summed E-state index contributed by atoms with van der Waals surface area (Å²) in [5, 5.41) is 3.05. The van der Waals surface area contributed by atoms with Gasteiger partial charge in [-0.25, -0.2) is 9.50 Å². The first kappa shape index (κ1) is 17.7. The van der Waals surface area contributed by atoms with Gasteiger partial charge in [-0.2, -0.15) is 0 Å². The van der Waals surface area contributed by atoms with E-state index >= 15 is 0 Å². The maximum Gasteiger partial charge on any atom is 0.285 e. The highest BCUT2D eigenvalue weighted by atomic mass is 16.2. The number of aromatic nitrogens is 3. The summed E-state index contributed by atoms with van der Waals surface area (Å²) in [7, 11) is 1.68. The third kappa shape index (κ3) is 3.09. The zero-order valence-corrected chi connectivity index (χ0v) is 15.7. The van der Waals surface area contributed by atoms with Gasteiger partial charge in [0.2, 0.25) is 0 Å². The highest BCUT2D eigenvalue weighted by molar-refractivity contribution is 5.94. The predicted octanol–water partition coefficient (Wildman–Crippen LogP) is 3.27. The quantitative estimate of drug-likeness (QED) is 0.598. The van der Waals surface area contributed by atoms with E-state index in [0.717, 1.165) is 22.4 Å². The molecule has 0 saturated carbocycles. The van der Waals surface area contributed by atoms with Crippen molar-refractivity contribution in [3.63, 3.8) is 0 Å². The van der Waals surface area contributed by atoms with Crippen LogP contribution in [0.2, 0.25) is 0 Å². The van der Waals surface area contributed by atoms with Crippen molar-refractivity contribution in [2.75, 3.05) is 7.05 Å². The largest absolute Gasteiger partial charge is 0.337 e. The molecule has 2 heterocycles. The lowest BCUT2D eigenvalue weighted by atomic mass is 10.1. The van der Waals surface area contributed by atoms with Crippen molar-refractivity contribution in [3.8, 4) is 11.1 Å². The number of amides is 1. The number of H-pyrrole nitrogens is 1. The third-order valence-corrected chi connectivity index (χ3v) is 4.74. The van der Waals surface area contributed by atoms with E-state index in [2.05, 4.69) is 10.1 Å². The van der Waals surface area contributed by atoms with Crippen molar-refractivity contribution in [3.05, 3.63) is 94.0 Å². The number of hydrogen-bond acceptors (Lipinski definition) is 3. The fourth-order valence-corrected chi connectivity index (χ4v) is 3.36. The molecule has 4 aromatic rings. The number of aryl methyl sites for hydroxylation is 1. The minimum absolute atomic E-state index is 0.0387. The summed E-state index contributed by atoms with van der Waals surface area (Å²) >= 11 is 0. The van der Waals surface area contributed by atoms with Gasteiger partial charge in [0.05, 0.1) is 0 Å². The van der Waals surface area contributed by atoms with Crippen LogP contribution in [-0.4, -0.2) is 32.5 Å². The van der Waals surface area contributed by atoms with E-state index in [9.17, 15) is 9.59 Å². The molecule has 6 heteroatoms. The average molecular weight is 372 g/mol. The fourth-order valence-electron chi connectivity index (χ4n) is 3.36. The molecule has 0 aliphatic carbocycles. The van der Waals surface area contributed by atoms with E-state index in [-0.39, 0.29) is 11.5 Å². The van der Waals surface area contributed by atoms with Crippen LogP contribution in [0, 0.1) is 6.92 Å². The van der Waals surface area contributed by atoms with E-state index in [1.54, 1.807) is 7.05 Å². The Morgan fingerprint density at radius 2 is 1.71 bits per heavy atom. The molecule has 2 aromatic carbocycles. The van der Waals surface area contributed by atoms with Gasteiger partial charge < -0.3 is 4.90 Å². The second-order valence-electron chi connectivity index (χ2n) is 6.76. The van der Waals surface area contributed by atoms with Crippen molar-refractivity contribution in [2.45, 2.75) is 13.5 Å². The van der Waals surface area contributed by atoms with Crippen molar-refractivity contribution in [2.24, 2.45) is 0 Å². The van der Waals surface area contributed by atoms with Gasteiger partial charge in [0.25, 0.3) is 11.5 Å². The summed E-state index contributed by atoms with van der Waals surface area (Å²) in [6.07, 6.45) is 1.38. The van der Waals surface area contributed by atoms with Gasteiger partial charge in [-0.05, 0) is 18.1 Å². The van der Waals surface area contributed by atoms with Gasteiger partial charge in [0.15, 0.2) is 5.65 Å². The van der Waals surface area contributed by atoms with Crippen LogP contribution in [0.4, 0.5) is 0 Å². The van der Waals surface area contributed by atoms with Gasteiger partial charge in [-0.1, -0.05) is 60.7 Å². The summed E-state index contributed by atoms with van der Waals surface area (Å²) in [5.74, 6) is -0.357. The molecule has 0 bridgehead atoms. The maximum atomic E-state index is 13.0. The molecule has 4 rings (SSSR count). The van der Waals surface area contributed by atoms with Crippen LogP contribution >= 0.6 is 0 Å². The molecule has 28 heavy (non-hydrogen) atoms. The zero-order chi connectivity index (χ0) is 19.7. The smallest absolute Gasteiger partial charge is 0.285 e. The SMILES string of the molecule is Cc1[nH]n2c(=O)c(C(=O)N(C)Cc3ccccc3)cnc2c1-c1ccccc1. The lowest BCUT2D eigenvalue weighted by molar-refractivity contribution is 0.0782. The number of nitrogens with one attached hydrogen (secondary N) is 1. The highest BCUT2D eigenvalue weighted by Gasteiger charge is 2.21. The third-order valence-electron chi connectivity index (χ3n) is 4.74. The Morgan fingerprint density at radius 3 is 2.39 bits per heavy atom. The fraction of sp³-hybridized carbons (Fsp3) is 0.136. The van der Waals surface area contributed by atoms with Gasteiger partial charge in [0, 0.05) is 31.0 Å². The molecule has 0 unspecified atom stereocenters. The van der Waals surface area contributed by atoms with Gasteiger partial charge in [-0.15, -0.1) is 0 Å². The number of benzene rings is 2. The Bertz CT molecular complexity index is 1190. The predicted molar refractivity (Wildman–Crippen MR) is 108 cm³/mol. The molecule has 0 aliphatic rings. The normalized spacial score (nSPS) is 10.9. The molecule has 0 fully saturated rings. The van der Waals surface area contributed by atoms with Crippen LogP contribution in [0.15, 0.2) is 71.7 Å². The molecule has 0 saturated heterocycles. The van der Waals surface area contributed by atoms with E-state index in [1.807, 2.05) is 67.6 Å². The molecule has 0 radical (unpaired) electrons. The summed E-state index contributed by atoms with van der Waals surface area (Å²) in [5.41, 5.74) is 3.78. The number of hydrogen-bond donors (Lipinski definition) is 1. The van der Waals surface area contributed by atoms with E-state index in [1.165, 1.54) is 15.6 Å². The van der Waals surface area contributed by atoms with Gasteiger partial charge in [-0.3, -0.25) is 14.7 Å². The van der Waals surface area contributed by atoms with Crippen LogP contribution < -0.4 is 5.56 Å². The standard InChI is InChI=1S/C22H20N4O2/c1-15-19(17-11-7-4-8-12-17)20-23-13-18(22(28)26(20)24-15)21(27)25(2)14-16-9-5-3-6-10-16/h3-13,24H,14H2,1-2H3. The van der Waals surface area contributed by atoms with Crippen molar-refractivity contribution in [1.29, 1.82) is 0 Å². The summed E-state index contributed by atoms with van der Waals surface area (Å²) in [6, 6.07) is 19.4. The first-order valence-corrected chi connectivity index (χ1v) is 9.01. The number of aromatic amines is 1. The van der Waals surface area contributed by atoms with Crippen molar-refractivity contribution in [1.82, 2.24) is 19.5 Å². The number of carbonyl (C=O) groups excluding carboxylic acids is 1. The molecule has 0 spiro atoms. The van der Waals surface area contributed by atoms with Crippen LogP contribution in [0.25, 0.3) is 16.8 Å². The van der Waals surface area contributed by atoms with Crippen LogP contribution in [0.3, 0.4) is 0 Å². The Hall–Kier alpha value is -3.67. The van der Waals surface area contributed by atoms with Crippen LogP contribution in [0.1, 0.15) is 21.6 Å². The van der Waals surface area contributed by atoms with Crippen LogP contribution in [0.5, 0.6) is 0 Å². The minimum Gasteiger partial charge on any atom is -0.337 e. The van der Waals surface area contributed by atoms with Crippen LogP contribution in [-0.2, 0) is 6.54 Å². The Balaban J connectivity index is 1.73. The number of carbonyl (C=O) groups is 1. The molecule has 1 N–H and O–H groups in total. The Kier molecular flexibility index (Phi) is 4.53. The lowest BCUT2D eigenvalue weighted by Crippen LogP contribution is -2.33. The molecule has 140 valence electrons. The topological polar surface area (TPSA) is 70.5 Å². The summed E-state index contributed by atoms with van der Waals surface area (Å²) in [4.78, 5) is 31.8. The average Bonchev–Trinajstić information content (AvgIpc) is 3.06. The summed E-state index contributed by atoms with van der Waals surface area (Å²) < 4.78 is 1.35. The first-order valence-electron chi connectivity index (χ1n) is 9.01. The van der Waals surface area contributed by atoms with E-state index < -0.39 is 5.56 Å². The number of rotatable bonds is 4. The first-order chi connectivity index (χ1) is 13.6.